The van der Waals surface area contributed by atoms with E-state index in [2.05, 4.69) is 5.10 Å². The topological polar surface area (TPSA) is 17.8 Å². The van der Waals surface area contributed by atoms with E-state index in [-0.39, 0.29) is 0 Å². The average molecular weight is 290 g/mol. The van der Waals surface area contributed by atoms with E-state index < -0.39 is 0 Å². The molecular formula is C12H11Cl3N2. The van der Waals surface area contributed by atoms with Crippen LogP contribution in [0.2, 0.25) is 15.2 Å². The van der Waals surface area contributed by atoms with Crippen molar-refractivity contribution in [3.8, 4) is 5.69 Å². The first-order valence-electron chi connectivity index (χ1n) is 5.24. The van der Waals surface area contributed by atoms with Gasteiger partial charge < -0.3 is 0 Å². The van der Waals surface area contributed by atoms with Crippen molar-refractivity contribution in [1.29, 1.82) is 0 Å². The van der Waals surface area contributed by atoms with E-state index in [1.165, 1.54) is 0 Å². The van der Waals surface area contributed by atoms with Gasteiger partial charge in [-0.15, -0.1) is 0 Å². The van der Waals surface area contributed by atoms with Crippen LogP contribution in [0.25, 0.3) is 5.69 Å². The number of halogens is 3. The SMILES string of the molecule is CCc1nn(-c2ccc(Cl)c(Cl)c2)c(Cl)c1C. The van der Waals surface area contributed by atoms with E-state index in [9.17, 15) is 0 Å². The van der Waals surface area contributed by atoms with Gasteiger partial charge in [-0.25, -0.2) is 4.68 Å². The number of benzene rings is 1. The van der Waals surface area contributed by atoms with Gasteiger partial charge in [0.2, 0.25) is 0 Å². The van der Waals surface area contributed by atoms with Gasteiger partial charge in [0.15, 0.2) is 0 Å². The summed E-state index contributed by atoms with van der Waals surface area (Å²) in [6, 6.07) is 5.33. The molecule has 0 aliphatic rings. The molecule has 0 saturated carbocycles. The van der Waals surface area contributed by atoms with Crippen LogP contribution in [0.4, 0.5) is 0 Å². The molecule has 0 unspecified atom stereocenters. The number of aromatic nitrogens is 2. The molecule has 1 aromatic carbocycles. The van der Waals surface area contributed by atoms with Gasteiger partial charge in [0.05, 0.1) is 21.4 Å². The average Bonchev–Trinajstić information content (AvgIpc) is 2.60. The number of hydrogen-bond donors (Lipinski definition) is 0. The summed E-state index contributed by atoms with van der Waals surface area (Å²) in [7, 11) is 0. The van der Waals surface area contributed by atoms with Crippen LogP contribution in [-0.4, -0.2) is 9.78 Å². The number of hydrogen-bond acceptors (Lipinski definition) is 1. The lowest BCUT2D eigenvalue weighted by Gasteiger charge is -2.04. The largest absolute Gasteiger partial charge is 0.222 e. The quantitative estimate of drug-likeness (QED) is 0.783. The highest BCUT2D eigenvalue weighted by Gasteiger charge is 2.13. The summed E-state index contributed by atoms with van der Waals surface area (Å²) in [5, 5.41) is 6.07. The van der Waals surface area contributed by atoms with Crippen LogP contribution in [0.5, 0.6) is 0 Å². The molecule has 0 bridgehead atoms. The molecule has 1 heterocycles. The molecule has 0 radical (unpaired) electrons. The summed E-state index contributed by atoms with van der Waals surface area (Å²) in [6.07, 6.45) is 0.847. The molecule has 0 fully saturated rings. The lowest BCUT2D eigenvalue weighted by molar-refractivity contribution is 0.842. The van der Waals surface area contributed by atoms with Crippen molar-refractivity contribution in [2.45, 2.75) is 20.3 Å². The predicted molar refractivity (Wildman–Crippen MR) is 72.7 cm³/mol. The zero-order valence-corrected chi connectivity index (χ0v) is 11.7. The summed E-state index contributed by atoms with van der Waals surface area (Å²) in [5.41, 5.74) is 2.80. The molecule has 2 nitrogen and oxygen atoms in total. The summed E-state index contributed by atoms with van der Waals surface area (Å²) in [5.74, 6) is 0. The van der Waals surface area contributed by atoms with Crippen molar-refractivity contribution in [3.05, 3.63) is 44.7 Å². The van der Waals surface area contributed by atoms with Crippen molar-refractivity contribution in [2.75, 3.05) is 0 Å². The highest BCUT2D eigenvalue weighted by molar-refractivity contribution is 6.42. The summed E-state index contributed by atoms with van der Waals surface area (Å²) >= 11 is 18.1. The van der Waals surface area contributed by atoms with Crippen molar-refractivity contribution >= 4 is 34.8 Å². The van der Waals surface area contributed by atoms with Gasteiger partial charge in [-0.1, -0.05) is 41.7 Å². The van der Waals surface area contributed by atoms with Gasteiger partial charge in [0, 0.05) is 5.56 Å². The Balaban J connectivity index is 2.56. The van der Waals surface area contributed by atoms with Gasteiger partial charge >= 0.3 is 0 Å². The van der Waals surface area contributed by atoms with E-state index in [1.54, 1.807) is 16.8 Å². The Labute approximate surface area is 115 Å². The van der Waals surface area contributed by atoms with Gasteiger partial charge in [-0.05, 0) is 31.5 Å². The molecule has 2 rings (SSSR count). The minimum absolute atomic E-state index is 0.492. The molecule has 90 valence electrons. The lowest BCUT2D eigenvalue weighted by Crippen LogP contribution is -1.97. The molecule has 0 saturated heterocycles. The van der Waals surface area contributed by atoms with E-state index >= 15 is 0 Å². The summed E-state index contributed by atoms with van der Waals surface area (Å²) < 4.78 is 1.68. The lowest BCUT2D eigenvalue weighted by atomic mass is 10.2. The van der Waals surface area contributed by atoms with E-state index in [4.69, 9.17) is 34.8 Å². The molecule has 1 aromatic heterocycles. The predicted octanol–water partition coefficient (Wildman–Crippen LogP) is 4.70. The van der Waals surface area contributed by atoms with Crippen molar-refractivity contribution in [2.24, 2.45) is 0 Å². The van der Waals surface area contributed by atoms with E-state index in [1.807, 2.05) is 19.9 Å². The summed E-state index contributed by atoms with van der Waals surface area (Å²) in [6.45, 7) is 4.01. The van der Waals surface area contributed by atoms with E-state index in [0.29, 0.717) is 15.2 Å². The monoisotopic (exact) mass is 288 g/mol. The smallest absolute Gasteiger partial charge is 0.136 e. The van der Waals surface area contributed by atoms with Crippen LogP contribution >= 0.6 is 34.8 Å². The van der Waals surface area contributed by atoms with E-state index in [0.717, 1.165) is 23.4 Å². The Hall–Kier alpha value is -0.700. The van der Waals surface area contributed by atoms with Crippen LogP contribution in [0.1, 0.15) is 18.2 Å². The molecule has 5 heteroatoms. The van der Waals surface area contributed by atoms with Crippen LogP contribution < -0.4 is 0 Å². The number of rotatable bonds is 2. The Bertz CT molecular complexity index is 561. The van der Waals surface area contributed by atoms with Gasteiger partial charge in [-0.2, -0.15) is 5.10 Å². The molecule has 2 aromatic rings. The first-order chi connectivity index (χ1) is 8.04. The molecular weight excluding hydrogens is 279 g/mol. The Morgan fingerprint density at radius 3 is 2.41 bits per heavy atom. The molecule has 0 N–H and O–H groups in total. The van der Waals surface area contributed by atoms with Crippen molar-refractivity contribution < 1.29 is 0 Å². The Morgan fingerprint density at radius 1 is 1.18 bits per heavy atom. The van der Waals surface area contributed by atoms with Crippen LogP contribution in [0.15, 0.2) is 18.2 Å². The second kappa shape index (κ2) is 4.89. The third kappa shape index (κ3) is 2.30. The van der Waals surface area contributed by atoms with Gasteiger partial charge in [0.25, 0.3) is 0 Å². The van der Waals surface area contributed by atoms with Crippen molar-refractivity contribution in [3.63, 3.8) is 0 Å². The maximum absolute atomic E-state index is 6.24. The molecule has 0 atom stereocenters. The fourth-order valence-corrected chi connectivity index (χ4v) is 2.18. The van der Waals surface area contributed by atoms with Crippen molar-refractivity contribution in [1.82, 2.24) is 9.78 Å². The van der Waals surface area contributed by atoms with Crippen LogP contribution in [-0.2, 0) is 6.42 Å². The third-order valence-corrected chi connectivity index (χ3v) is 3.81. The summed E-state index contributed by atoms with van der Waals surface area (Å²) in [4.78, 5) is 0. The maximum atomic E-state index is 6.24. The minimum Gasteiger partial charge on any atom is -0.222 e. The fraction of sp³-hybridized carbons (Fsp3) is 0.250. The third-order valence-electron chi connectivity index (χ3n) is 2.63. The first kappa shape index (κ1) is 12.7. The molecule has 0 aliphatic carbocycles. The van der Waals surface area contributed by atoms with Crippen LogP contribution in [0, 0.1) is 6.92 Å². The molecule has 17 heavy (non-hydrogen) atoms. The standard InChI is InChI=1S/C12H11Cl3N2/c1-3-11-7(2)12(15)17(16-11)8-4-5-9(13)10(14)6-8/h4-6H,3H2,1-2H3. The normalized spacial score (nSPS) is 10.9. The molecule has 0 spiro atoms. The Kier molecular flexibility index (Phi) is 3.67. The zero-order chi connectivity index (χ0) is 12.6. The number of nitrogens with zero attached hydrogens (tertiary/aromatic N) is 2. The second-order valence-corrected chi connectivity index (χ2v) is 4.90. The Morgan fingerprint density at radius 2 is 1.88 bits per heavy atom. The highest BCUT2D eigenvalue weighted by atomic mass is 35.5. The van der Waals surface area contributed by atoms with Gasteiger partial charge in [-0.3, -0.25) is 0 Å². The second-order valence-electron chi connectivity index (χ2n) is 3.73. The molecule has 0 amide bonds. The molecule has 0 aliphatic heterocycles. The minimum atomic E-state index is 0.492. The highest BCUT2D eigenvalue weighted by Crippen LogP contribution is 2.28. The number of aryl methyl sites for hydroxylation is 1. The zero-order valence-electron chi connectivity index (χ0n) is 9.47. The fourth-order valence-electron chi connectivity index (χ4n) is 1.64. The maximum Gasteiger partial charge on any atom is 0.136 e. The van der Waals surface area contributed by atoms with Gasteiger partial charge in [0.1, 0.15) is 5.15 Å². The first-order valence-corrected chi connectivity index (χ1v) is 6.37. The van der Waals surface area contributed by atoms with Crippen LogP contribution in [0.3, 0.4) is 0 Å².